The second-order valence-electron chi connectivity index (χ2n) is 5.55. The van der Waals surface area contributed by atoms with Gasteiger partial charge in [-0.25, -0.2) is 4.68 Å². The number of hydrogen-bond donors (Lipinski definition) is 2. The average molecular weight is 250 g/mol. The molecule has 1 aliphatic rings. The van der Waals surface area contributed by atoms with Crippen LogP contribution in [0.25, 0.3) is 0 Å². The van der Waals surface area contributed by atoms with Crippen molar-refractivity contribution < 1.29 is 4.79 Å². The zero-order valence-electron chi connectivity index (χ0n) is 11.1. The summed E-state index contributed by atoms with van der Waals surface area (Å²) in [4.78, 5) is 12.0. The lowest BCUT2D eigenvalue weighted by Crippen LogP contribution is -2.40. The van der Waals surface area contributed by atoms with E-state index in [1.54, 1.807) is 10.9 Å². The number of hydrogen-bond acceptors (Lipinski definition) is 3. The number of aromatic nitrogens is 2. The zero-order chi connectivity index (χ0) is 13.2. The first-order valence-electron chi connectivity index (χ1n) is 6.62. The van der Waals surface area contributed by atoms with Gasteiger partial charge in [0.15, 0.2) is 0 Å². The van der Waals surface area contributed by atoms with Crippen LogP contribution in [0.4, 0.5) is 5.82 Å². The van der Waals surface area contributed by atoms with Gasteiger partial charge >= 0.3 is 0 Å². The van der Waals surface area contributed by atoms with Crippen LogP contribution in [0.15, 0.2) is 12.3 Å². The van der Waals surface area contributed by atoms with Crippen molar-refractivity contribution >= 4 is 11.7 Å². The molecular formula is C13H22N4O. The highest BCUT2D eigenvalue weighted by Gasteiger charge is 2.31. The molecule has 0 aliphatic heterocycles. The molecular weight excluding hydrogens is 228 g/mol. The van der Waals surface area contributed by atoms with E-state index >= 15 is 0 Å². The van der Waals surface area contributed by atoms with E-state index in [0.29, 0.717) is 6.42 Å². The molecule has 0 radical (unpaired) electrons. The van der Waals surface area contributed by atoms with Crippen LogP contribution >= 0.6 is 0 Å². The number of nitrogens with zero attached hydrogens (tertiary/aromatic N) is 2. The van der Waals surface area contributed by atoms with Crippen molar-refractivity contribution in [1.29, 1.82) is 0 Å². The van der Waals surface area contributed by atoms with Crippen molar-refractivity contribution in [3.8, 4) is 0 Å². The van der Waals surface area contributed by atoms with Crippen LogP contribution in [0.1, 0.15) is 52.0 Å². The Balaban J connectivity index is 1.96. The number of nitrogens with one attached hydrogen (secondary N) is 1. The van der Waals surface area contributed by atoms with E-state index in [0.717, 1.165) is 31.5 Å². The molecule has 1 aromatic rings. The number of rotatable bonds is 4. The van der Waals surface area contributed by atoms with Crippen LogP contribution in [0.2, 0.25) is 0 Å². The summed E-state index contributed by atoms with van der Waals surface area (Å²) in [5.74, 6) is 0.735. The predicted molar refractivity (Wildman–Crippen MR) is 71.2 cm³/mol. The lowest BCUT2D eigenvalue weighted by molar-refractivity contribution is -0.117. The normalized spacial score (nSPS) is 18.2. The molecule has 100 valence electrons. The maximum Gasteiger partial charge on any atom is 0.227 e. The minimum atomic E-state index is -0.299. The first-order valence-corrected chi connectivity index (χ1v) is 6.62. The zero-order valence-corrected chi connectivity index (χ0v) is 11.1. The Morgan fingerprint density at radius 3 is 2.83 bits per heavy atom. The van der Waals surface area contributed by atoms with Crippen LogP contribution in [0.3, 0.4) is 0 Å². The van der Waals surface area contributed by atoms with Gasteiger partial charge in [-0.3, -0.25) is 4.79 Å². The molecule has 0 atom stereocenters. The molecule has 1 fully saturated rings. The van der Waals surface area contributed by atoms with Crippen LogP contribution < -0.4 is 11.1 Å². The minimum Gasteiger partial charge on any atom is -0.325 e. The highest BCUT2D eigenvalue weighted by Crippen LogP contribution is 2.30. The number of carbonyl (C=O) groups is 1. The van der Waals surface area contributed by atoms with Gasteiger partial charge in [-0.05, 0) is 26.7 Å². The Hall–Kier alpha value is -1.36. The Labute approximate surface area is 108 Å². The fourth-order valence-electron chi connectivity index (χ4n) is 2.59. The summed E-state index contributed by atoms with van der Waals surface area (Å²) in [5, 5.41) is 7.09. The second-order valence-corrected chi connectivity index (χ2v) is 5.55. The fraction of sp³-hybridized carbons (Fsp3) is 0.692. The predicted octanol–water partition coefficient (Wildman–Crippen LogP) is 2.06. The maximum absolute atomic E-state index is 12.0. The quantitative estimate of drug-likeness (QED) is 0.859. The molecule has 0 bridgehead atoms. The van der Waals surface area contributed by atoms with Gasteiger partial charge < -0.3 is 11.1 Å². The Morgan fingerprint density at radius 2 is 2.22 bits per heavy atom. The first kappa shape index (κ1) is 13.1. The maximum atomic E-state index is 12.0. The summed E-state index contributed by atoms with van der Waals surface area (Å²) < 4.78 is 1.80. The van der Waals surface area contributed by atoms with Gasteiger partial charge in [0.25, 0.3) is 0 Å². The van der Waals surface area contributed by atoms with Crippen molar-refractivity contribution in [2.45, 2.75) is 57.5 Å². The van der Waals surface area contributed by atoms with Crippen LogP contribution in [0.5, 0.6) is 0 Å². The van der Waals surface area contributed by atoms with Crippen LogP contribution in [-0.4, -0.2) is 21.2 Å². The molecule has 0 unspecified atom stereocenters. The minimum absolute atomic E-state index is 0.0122. The first-order chi connectivity index (χ1) is 8.50. The lowest BCUT2D eigenvalue weighted by Gasteiger charge is -2.22. The van der Waals surface area contributed by atoms with Gasteiger partial charge in [0, 0.05) is 24.1 Å². The molecule has 3 N–H and O–H groups in total. The number of anilines is 1. The molecule has 0 aromatic carbocycles. The van der Waals surface area contributed by atoms with Crippen LogP contribution in [0, 0.1) is 0 Å². The standard InChI is InChI=1S/C13H22N4O/c1-10(2)17-11(5-8-15-17)16-12(18)9-13(14)6-3-4-7-13/h5,8,10H,3-4,6-7,9,14H2,1-2H3,(H,16,18). The molecule has 1 heterocycles. The van der Waals surface area contributed by atoms with E-state index in [2.05, 4.69) is 10.4 Å². The SMILES string of the molecule is CC(C)n1nccc1NC(=O)CC1(N)CCCC1. The fourth-order valence-corrected chi connectivity index (χ4v) is 2.59. The third kappa shape index (κ3) is 2.90. The summed E-state index contributed by atoms with van der Waals surface area (Å²) in [6, 6.07) is 2.05. The molecule has 1 amide bonds. The van der Waals surface area contributed by atoms with Crippen molar-refractivity contribution in [1.82, 2.24) is 9.78 Å². The van der Waals surface area contributed by atoms with Crippen molar-refractivity contribution in [2.75, 3.05) is 5.32 Å². The molecule has 1 aliphatic carbocycles. The number of nitrogens with two attached hydrogens (primary N) is 1. The molecule has 5 nitrogen and oxygen atoms in total. The third-order valence-corrected chi connectivity index (χ3v) is 3.54. The molecule has 5 heteroatoms. The van der Waals surface area contributed by atoms with Crippen molar-refractivity contribution in [3.05, 3.63) is 12.3 Å². The van der Waals surface area contributed by atoms with Gasteiger partial charge in [-0.1, -0.05) is 12.8 Å². The van der Waals surface area contributed by atoms with Gasteiger partial charge in [-0.2, -0.15) is 5.10 Å². The van der Waals surface area contributed by atoms with E-state index in [9.17, 15) is 4.79 Å². The number of carbonyl (C=O) groups excluding carboxylic acids is 1. The topological polar surface area (TPSA) is 72.9 Å². The molecule has 0 saturated heterocycles. The number of amides is 1. The van der Waals surface area contributed by atoms with Crippen LogP contribution in [-0.2, 0) is 4.79 Å². The molecule has 0 spiro atoms. The highest BCUT2D eigenvalue weighted by atomic mass is 16.1. The Morgan fingerprint density at radius 1 is 1.56 bits per heavy atom. The van der Waals surface area contributed by atoms with E-state index in [4.69, 9.17) is 5.73 Å². The smallest absolute Gasteiger partial charge is 0.227 e. The summed E-state index contributed by atoms with van der Waals surface area (Å²) in [6.45, 7) is 4.06. The van der Waals surface area contributed by atoms with E-state index in [1.165, 1.54) is 0 Å². The van der Waals surface area contributed by atoms with Crippen molar-refractivity contribution in [3.63, 3.8) is 0 Å². The molecule has 1 aromatic heterocycles. The second kappa shape index (κ2) is 5.10. The lowest BCUT2D eigenvalue weighted by atomic mass is 9.94. The highest BCUT2D eigenvalue weighted by molar-refractivity contribution is 5.90. The summed E-state index contributed by atoms with van der Waals surface area (Å²) in [6.07, 6.45) is 6.26. The molecule has 2 rings (SSSR count). The van der Waals surface area contributed by atoms with E-state index in [-0.39, 0.29) is 17.5 Å². The molecule has 18 heavy (non-hydrogen) atoms. The van der Waals surface area contributed by atoms with Gasteiger partial charge in [0.2, 0.25) is 5.91 Å². The van der Waals surface area contributed by atoms with Gasteiger partial charge in [0.1, 0.15) is 5.82 Å². The van der Waals surface area contributed by atoms with E-state index in [1.807, 2.05) is 19.9 Å². The molecule has 1 saturated carbocycles. The Kier molecular flexibility index (Phi) is 3.71. The summed E-state index contributed by atoms with van der Waals surface area (Å²) >= 11 is 0. The third-order valence-electron chi connectivity index (χ3n) is 3.54. The monoisotopic (exact) mass is 250 g/mol. The summed E-state index contributed by atoms with van der Waals surface area (Å²) in [5.41, 5.74) is 5.90. The average Bonchev–Trinajstić information content (AvgIpc) is 2.87. The van der Waals surface area contributed by atoms with Gasteiger partial charge in [0.05, 0.1) is 6.20 Å². The van der Waals surface area contributed by atoms with E-state index < -0.39 is 0 Å². The van der Waals surface area contributed by atoms with Gasteiger partial charge in [-0.15, -0.1) is 0 Å². The largest absolute Gasteiger partial charge is 0.325 e. The Bertz CT molecular complexity index is 418. The summed E-state index contributed by atoms with van der Waals surface area (Å²) in [7, 11) is 0. The van der Waals surface area contributed by atoms with Crippen molar-refractivity contribution in [2.24, 2.45) is 5.73 Å².